The number of ether oxygens (including phenoxy) is 2. The summed E-state index contributed by atoms with van der Waals surface area (Å²) in [5, 5.41) is 19.3. The van der Waals surface area contributed by atoms with E-state index in [1.54, 1.807) is 14.2 Å². The van der Waals surface area contributed by atoms with E-state index in [-0.39, 0.29) is 11.4 Å². The van der Waals surface area contributed by atoms with Crippen LogP contribution in [0.4, 0.5) is 11.4 Å². The maximum atomic E-state index is 9.65. The molecule has 0 aromatic heterocycles. The van der Waals surface area contributed by atoms with Crippen molar-refractivity contribution >= 4 is 23.8 Å². The molecular weight excluding hydrogens is 452 g/mol. The third-order valence-electron chi connectivity index (χ3n) is 5.79. The fourth-order valence-corrected chi connectivity index (χ4v) is 3.74. The summed E-state index contributed by atoms with van der Waals surface area (Å²) in [6.07, 6.45) is 3.02. The molecule has 0 radical (unpaired) electrons. The van der Waals surface area contributed by atoms with Crippen molar-refractivity contribution in [3.8, 4) is 23.6 Å². The van der Waals surface area contributed by atoms with Crippen molar-refractivity contribution < 1.29 is 9.47 Å². The van der Waals surface area contributed by atoms with E-state index in [9.17, 15) is 10.5 Å². The Kier molecular flexibility index (Phi) is 11.0. The minimum Gasteiger partial charge on any atom is -0.496 e. The van der Waals surface area contributed by atoms with Crippen LogP contribution in [0.5, 0.6) is 11.5 Å². The van der Waals surface area contributed by atoms with Crippen molar-refractivity contribution in [2.45, 2.75) is 27.7 Å². The molecule has 2 aromatic carbocycles. The molecule has 0 aliphatic heterocycles. The second-order valence-electron chi connectivity index (χ2n) is 7.63. The number of nitriles is 2. The molecule has 0 N–H and O–H groups in total. The van der Waals surface area contributed by atoms with Gasteiger partial charge in [0.05, 0.1) is 14.2 Å². The van der Waals surface area contributed by atoms with Crippen LogP contribution in [0.15, 0.2) is 57.8 Å². The van der Waals surface area contributed by atoms with Gasteiger partial charge in [0.25, 0.3) is 0 Å². The molecule has 0 unspecified atom stereocenters. The van der Waals surface area contributed by atoms with Crippen LogP contribution < -0.4 is 19.3 Å². The van der Waals surface area contributed by atoms with Crippen LogP contribution >= 0.6 is 0 Å². The molecule has 2 rings (SSSR count). The Hall–Kier alpha value is -4.30. The molecule has 188 valence electrons. The Balaban J connectivity index is 2.38. The molecule has 0 aliphatic carbocycles. The van der Waals surface area contributed by atoms with E-state index in [0.29, 0.717) is 22.6 Å². The molecule has 0 heterocycles. The third-order valence-corrected chi connectivity index (χ3v) is 5.79. The first kappa shape index (κ1) is 27.9. The van der Waals surface area contributed by atoms with Gasteiger partial charge in [0.15, 0.2) is 11.4 Å². The predicted octanol–water partition coefficient (Wildman–Crippen LogP) is 5.19. The maximum Gasteiger partial charge on any atom is 0.176 e. The molecule has 36 heavy (non-hydrogen) atoms. The highest BCUT2D eigenvalue weighted by Crippen LogP contribution is 2.26. The van der Waals surface area contributed by atoms with Gasteiger partial charge in [-0.15, -0.1) is 0 Å². The summed E-state index contributed by atoms with van der Waals surface area (Å²) in [7, 11) is 3.17. The Morgan fingerprint density at radius 3 is 1.36 bits per heavy atom. The Morgan fingerprint density at radius 1 is 0.722 bits per heavy atom. The number of allylic oxidation sites excluding steroid dienone is 2. The lowest BCUT2D eigenvalue weighted by atomic mass is 10.1. The van der Waals surface area contributed by atoms with Gasteiger partial charge in [0.2, 0.25) is 0 Å². The summed E-state index contributed by atoms with van der Waals surface area (Å²) in [4.78, 5) is 12.9. The standard InChI is InChI=1S/C28H34N6O2/c1-7-33(8-2)23-13-11-21(27(15-23)35-5)19-31-25(17-29)26(18-30)32-20-22-12-14-24(16-28(22)36-6)34(9-3)10-4/h11-16,19-20H,7-10H2,1-6H3/b26-25-,31-19?,32-20?. The summed E-state index contributed by atoms with van der Waals surface area (Å²) >= 11 is 0. The van der Waals surface area contributed by atoms with E-state index in [1.807, 2.05) is 48.5 Å². The van der Waals surface area contributed by atoms with E-state index in [4.69, 9.17) is 9.47 Å². The topological polar surface area (TPSA) is 97.2 Å². The highest BCUT2D eigenvalue weighted by Gasteiger charge is 2.10. The van der Waals surface area contributed by atoms with Gasteiger partial charge in [-0.2, -0.15) is 10.5 Å². The average Bonchev–Trinajstić information content (AvgIpc) is 2.92. The van der Waals surface area contributed by atoms with Crippen LogP contribution in [0.3, 0.4) is 0 Å². The zero-order chi connectivity index (χ0) is 26.5. The van der Waals surface area contributed by atoms with Crippen LogP contribution in [0.25, 0.3) is 0 Å². The van der Waals surface area contributed by atoms with Crippen LogP contribution in [-0.4, -0.2) is 52.8 Å². The van der Waals surface area contributed by atoms with Crippen molar-refractivity contribution in [1.29, 1.82) is 10.5 Å². The maximum absolute atomic E-state index is 9.65. The molecular formula is C28H34N6O2. The lowest BCUT2D eigenvalue weighted by Crippen LogP contribution is -2.21. The van der Waals surface area contributed by atoms with Crippen molar-refractivity contribution in [3.63, 3.8) is 0 Å². The van der Waals surface area contributed by atoms with Gasteiger partial charge in [0, 0.05) is 73.2 Å². The molecule has 0 saturated heterocycles. The summed E-state index contributed by atoms with van der Waals surface area (Å²) in [5.74, 6) is 1.25. The first-order valence-electron chi connectivity index (χ1n) is 12.0. The predicted molar refractivity (Wildman–Crippen MR) is 147 cm³/mol. The molecule has 0 atom stereocenters. The smallest absolute Gasteiger partial charge is 0.176 e. The number of hydrogen-bond acceptors (Lipinski definition) is 8. The van der Waals surface area contributed by atoms with E-state index in [1.165, 1.54) is 12.4 Å². The van der Waals surface area contributed by atoms with Crippen molar-refractivity contribution in [3.05, 3.63) is 58.9 Å². The van der Waals surface area contributed by atoms with Crippen LogP contribution in [0.1, 0.15) is 38.8 Å². The summed E-state index contributed by atoms with van der Waals surface area (Å²) in [6, 6.07) is 15.5. The fourth-order valence-electron chi connectivity index (χ4n) is 3.74. The minimum absolute atomic E-state index is 0.0950. The van der Waals surface area contributed by atoms with Gasteiger partial charge < -0.3 is 19.3 Å². The van der Waals surface area contributed by atoms with Gasteiger partial charge in [-0.1, -0.05) is 0 Å². The number of nitrogens with zero attached hydrogens (tertiary/aromatic N) is 6. The number of hydrogen-bond donors (Lipinski definition) is 0. The molecule has 2 aromatic rings. The molecule has 0 fully saturated rings. The number of rotatable bonds is 12. The number of anilines is 2. The second kappa shape index (κ2) is 14.2. The Labute approximate surface area is 214 Å². The van der Waals surface area contributed by atoms with Crippen LogP contribution in [0, 0.1) is 22.7 Å². The van der Waals surface area contributed by atoms with Gasteiger partial charge in [-0.05, 0) is 52.0 Å². The lowest BCUT2D eigenvalue weighted by Gasteiger charge is -2.22. The summed E-state index contributed by atoms with van der Waals surface area (Å²) in [6.45, 7) is 11.9. The first-order chi connectivity index (χ1) is 17.5. The van der Waals surface area contributed by atoms with Gasteiger partial charge in [-0.3, -0.25) is 0 Å². The third kappa shape index (κ3) is 6.86. The van der Waals surface area contributed by atoms with Crippen LogP contribution in [-0.2, 0) is 0 Å². The Bertz CT molecular complexity index is 1100. The van der Waals surface area contributed by atoms with Gasteiger partial charge in [-0.25, -0.2) is 9.98 Å². The molecule has 0 aliphatic rings. The zero-order valence-electron chi connectivity index (χ0n) is 21.9. The van der Waals surface area contributed by atoms with Gasteiger partial charge in [0.1, 0.15) is 23.6 Å². The monoisotopic (exact) mass is 486 g/mol. The molecule has 0 amide bonds. The normalized spacial score (nSPS) is 11.7. The van der Waals surface area contributed by atoms with E-state index >= 15 is 0 Å². The van der Waals surface area contributed by atoms with Crippen molar-refractivity contribution in [2.24, 2.45) is 9.98 Å². The fraction of sp³-hybridized carbons (Fsp3) is 0.357. The number of aliphatic imine (C=N–C) groups is 2. The van der Waals surface area contributed by atoms with Gasteiger partial charge >= 0.3 is 0 Å². The highest BCUT2D eigenvalue weighted by atomic mass is 16.5. The summed E-state index contributed by atoms with van der Waals surface area (Å²) < 4.78 is 11.0. The molecule has 0 spiro atoms. The molecule has 0 bridgehead atoms. The van der Waals surface area contributed by atoms with Crippen molar-refractivity contribution in [2.75, 3.05) is 50.2 Å². The molecule has 0 saturated carbocycles. The highest BCUT2D eigenvalue weighted by molar-refractivity contribution is 5.87. The van der Waals surface area contributed by atoms with Crippen molar-refractivity contribution in [1.82, 2.24) is 0 Å². The van der Waals surface area contributed by atoms with E-state index in [0.717, 1.165) is 37.6 Å². The largest absolute Gasteiger partial charge is 0.496 e. The van der Waals surface area contributed by atoms with Crippen LogP contribution in [0.2, 0.25) is 0 Å². The first-order valence-corrected chi connectivity index (χ1v) is 12.0. The SMILES string of the molecule is CCN(CC)c1ccc(C=N/C(C#N)=C(/C#N)N=Cc2ccc(N(CC)CC)cc2OC)c(OC)c1. The quantitative estimate of drug-likeness (QED) is 0.302. The second-order valence-corrected chi connectivity index (χ2v) is 7.63. The zero-order valence-corrected chi connectivity index (χ0v) is 21.9. The lowest BCUT2D eigenvalue weighted by molar-refractivity contribution is 0.414. The molecule has 8 heteroatoms. The number of methoxy groups -OCH3 is 2. The summed E-state index contributed by atoms with van der Waals surface area (Å²) in [5.41, 5.74) is 3.26. The van der Waals surface area contributed by atoms with E-state index in [2.05, 4.69) is 47.5 Å². The Morgan fingerprint density at radius 2 is 1.08 bits per heavy atom. The average molecular weight is 487 g/mol. The number of benzene rings is 2. The minimum atomic E-state index is -0.0950. The van der Waals surface area contributed by atoms with E-state index < -0.39 is 0 Å². The molecule has 8 nitrogen and oxygen atoms in total.